The zero-order valence-corrected chi connectivity index (χ0v) is 20.3. The van der Waals surface area contributed by atoms with Crippen molar-refractivity contribution in [1.82, 2.24) is 19.5 Å². The lowest BCUT2D eigenvalue weighted by Gasteiger charge is -2.37. The molecule has 2 N–H and O–H groups in total. The summed E-state index contributed by atoms with van der Waals surface area (Å²) >= 11 is 0. The van der Waals surface area contributed by atoms with Crippen LogP contribution in [0.25, 0.3) is 10.9 Å². The number of rotatable bonds is 7. The summed E-state index contributed by atoms with van der Waals surface area (Å²) < 4.78 is 27.8. The van der Waals surface area contributed by atoms with Crippen LogP contribution in [0.15, 0.2) is 53.6 Å². The molecule has 3 aromatic rings. The smallest absolute Gasteiger partial charge is 0.243 e. The van der Waals surface area contributed by atoms with Gasteiger partial charge in [0.25, 0.3) is 0 Å². The molecule has 7 nitrogen and oxygen atoms in total. The number of sulfonamides is 1. The van der Waals surface area contributed by atoms with Gasteiger partial charge in [-0.05, 0) is 56.0 Å². The lowest BCUT2D eigenvalue weighted by Crippen LogP contribution is -2.55. The van der Waals surface area contributed by atoms with Crippen molar-refractivity contribution in [3.05, 3.63) is 65.4 Å². The molecule has 4 rings (SSSR count). The van der Waals surface area contributed by atoms with Crippen molar-refractivity contribution in [3.8, 4) is 0 Å². The average molecular weight is 469 g/mol. The number of aromatic nitrogens is 1. The van der Waals surface area contributed by atoms with Crippen LogP contribution in [0.5, 0.6) is 0 Å². The van der Waals surface area contributed by atoms with Crippen LogP contribution in [0.3, 0.4) is 0 Å². The van der Waals surface area contributed by atoms with Gasteiger partial charge < -0.3 is 10.3 Å². The first kappa shape index (κ1) is 23.5. The molecule has 0 radical (unpaired) electrons. The number of aromatic amines is 1. The summed E-state index contributed by atoms with van der Waals surface area (Å²) in [5, 5.41) is 4.22. The van der Waals surface area contributed by atoms with Gasteiger partial charge >= 0.3 is 0 Å². The van der Waals surface area contributed by atoms with E-state index in [-0.39, 0.29) is 11.9 Å². The number of carbonyl (C=O) groups excluding carboxylic acids is 1. The number of amides is 1. The second kappa shape index (κ2) is 9.67. The molecule has 1 fully saturated rings. The van der Waals surface area contributed by atoms with Crippen LogP contribution in [-0.4, -0.2) is 67.3 Å². The molecule has 2 aromatic carbocycles. The Morgan fingerprint density at radius 3 is 2.58 bits per heavy atom. The summed E-state index contributed by atoms with van der Waals surface area (Å²) in [4.78, 5) is 18.4. The Hall–Kier alpha value is -2.68. The van der Waals surface area contributed by atoms with Crippen LogP contribution in [-0.2, 0) is 21.2 Å². The van der Waals surface area contributed by atoms with Gasteiger partial charge in [-0.2, -0.15) is 4.31 Å². The first-order chi connectivity index (χ1) is 15.8. The Bertz CT molecular complexity index is 1240. The highest BCUT2D eigenvalue weighted by Gasteiger charge is 2.32. The number of H-pyrrole nitrogens is 1. The van der Waals surface area contributed by atoms with Crippen LogP contribution in [0.2, 0.25) is 0 Å². The molecule has 1 saturated heterocycles. The third-order valence-corrected chi connectivity index (χ3v) is 8.57. The summed E-state index contributed by atoms with van der Waals surface area (Å²) in [6.07, 6.45) is 2.75. The van der Waals surface area contributed by atoms with Crippen LogP contribution in [0.4, 0.5) is 0 Å². The molecule has 1 aliphatic heterocycles. The number of hydrogen-bond donors (Lipinski definition) is 2. The molecule has 33 heavy (non-hydrogen) atoms. The van der Waals surface area contributed by atoms with Gasteiger partial charge in [0.2, 0.25) is 15.9 Å². The van der Waals surface area contributed by atoms with Gasteiger partial charge in [0, 0.05) is 49.8 Å². The number of nitrogens with zero attached hydrogens (tertiary/aromatic N) is 2. The Morgan fingerprint density at radius 2 is 1.82 bits per heavy atom. The van der Waals surface area contributed by atoms with E-state index >= 15 is 0 Å². The van der Waals surface area contributed by atoms with Crippen LogP contribution in [0.1, 0.15) is 23.6 Å². The van der Waals surface area contributed by atoms with Crippen LogP contribution >= 0.6 is 0 Å². The molecule has 1 amide bonds. The van der Waals surface area contributed by atoms with Crippen molar-refractivity contribution in [2.75, 3.05) is 32.7 Å². The molecule has 0 aliphatic carbocycles. The lowest BCUT2D eigenvalue weighted by atomic mass is 10.1. The van der Waals surface area contributed by atoms with Crippen molar-refractivity contribution >= 4 is 26.8 Å². The minimum Gasteiger partial charge on any atom is -0.361 e. The van der Waals surface area contributed by atoms with Crippen molar-refractivity contribution in [2.45, 2.75) is 38.1 Å². The SMILES string of the molecule is Cc1ccc(C)c(S(=O)(=O)N2CCN(C(C)C(=O)NCCc3c[nH]c4ccccc34)CC2)c1. The fourth-order valence-electron chi connectivity index (χ4n) is 4.43. The van der Waals surface area contributed by atoms with E-state index in [1.54, 1.807) is 6.07 Å². The first-order valence-corrected chi connectivity index (χ1v) is 12.9. The maximum atomic E-state index is 13.1. The van der Waals surface area contributed by atoms with Gasteiger partial charge in [-0.15, -0.1) is 0 Å². The van der Waals surface area contributed by atoms with Gasteiger partial charge in [0.15, 0.2) is 0 Å². The van der Waals surface area contributed by atoms with Gasteiger partial charge in [-0.3, -0.25) is 9.69 Å². The number of para-hydroxylation sites is 1. The Labute approximate surface area is 195 Å². The van der Waals surface area contributed by atoms with Crippen LogP contribution in [0, 0.1) is 13.8 Å². The number of fused-ring (bicyclic) bond motifs is 1. The second-order valence-electron chi connectivity index (χ2n) is 8.79. The highest BCUT2D eigenvalue weighted by atomic mass is 32.2. The summed E-state index contributed by atoms with van der Waals surface area (Å²) in [6.45, 7) is 7.98. The Kier molecular flexibility index (Phi) is 6.88. The summed E-state index contributed by atoms with van der Waals surface area (Å²) in [5.74, 6) is -0.0272. The van der Waals surface area contributed by atoms with Gasteiger partial charge in [-0.1, -0.05) is 30.3 Å². The van der Waals surface area contributed by atoms with E-state index in [2.05, 4.69) is 21.3 Å². The predicted octanol–water partition coefficient (Wildman–Crippen LogP) is 2.84. The quantitative estimate of drug-likeness (QED) is 0.558. The van der Waals surface area contributed by atoms with Crippen molar-refractivity contribution in [1.29, 1.82) is 0 Å². The minimum atomic E-state index is -3.54. The van der Waals surface area contributed by atoms with E-state index in [1.165, 1.54) is 15.3 Å². The van der Waals surface area contributed by atoms with Gasteiger partial charge in [-0.25, -0.2) is 8.42 Å². The zero-order chi connectivity index (χ0) is 23.6. The molecule has 176 valence electrons. The average Bonchev–Trinajstić information content (AvgIpc) is 3.23. The molecular formula is C25H32N4O3S. The van der Waals surface area contributed by atoms with E-state index in [1.807, 2.05) is 57.3 Å². The number of piperazine rings is 1. The number of nitrogens with one attached hydrogen (secondary N) is 2. The lowest BCUT2D eigenvalue weighted by molar-refractivity contribution is -0.126. The highest BCUT2D eigenvalue weighted by Crippen LogP contribution is 2.23. The minimum absolute atomic E-state index is 0.0272. The summed E-state index contributed by atoms with van der Waals surface area (Å²) in [5.41, 5.74) is 3.96. The van der Waals surface area contributed by atoms with Crippen molar-refractivity contribution in [2.24, 2.45) is 0 Å². The zero-order valence-electron chi connectivity index (χ0n) is 19.5. The molecule has 0 saturated carbocycles. The number of carbonyl (C=O) groups is 1. The summed E-state index contributed by atoms with van der Waals surface area (Å²) in [7, 11) is -3.54. The maximum absolute atomic E-state index is 13.1. The van der Waals surface area contributed by atoms with Gasteiger partial charge in [0.05, 0.1) is 10.9 Å². The second-order valence-corrected chi connectivity index (χ2v) is 10.7. The van der Waals surface area contributed by atoms with Crippen molar-refractivity contribution in [3.63, 3.8) is 0 Å². The normalized spacial score (nSPS) is 16.7. The topological polar surface area (TPSA) is 85.5 Å². The van der Waals surface area contributed by atoms with Crippen LogP contribution < -0.4 is 5.32 Å². The standard InChI is InChI=1S/C25H32N4O3S/c1-18-8-9-19(2)24(16-18)33(31,32)29-14-12-28(13-15-29)20(3)25(30)26-11-10-21-17-27-23-7-5-4-6-22(21)23/h4-9,16-17,20,27H,10-15H2,1-3H3,(H,26,30). The Balaban J connectivity index is 1.30. The van der Waals surface area contributed by atoms with E-state index in [0.29, 0.717) is 37.6 Å². The maximum Gasteiger partial charge on any atom is 0.243 e. The molecule has 0 bridgehead atoms. The third-order valence-electron chi connectivity index (χ3n) is 6.53. The monoisotopic (exact) mass is 468 g/mol. The van der Waals surface area contributed by atoms with E-state index in [0.717, 1.165) is 23.1 Å². The molecular weight excluding hydrogens is 436 g/mol. The molecule has 1 aromatic heterocycles. The fraction of sp³-hybridized carbons (Fsp3) is 0.400. The molecule has 1 unspecified atom stereocenters. The highest BCUT2D eigenvalue weighted by molar-refractivity contribution is 7.89. The summed E-state index contributed by atoms with van der Waals surface area (Å²) in [6, 6.07) is 13.3. The van der Waals surface area contributed by atoms with E-state index < -0.39 is 10.0 Å². The Morgan fingerprint density at radius 1 is 1.09 bits per heavy atom. The molecule has 1 atom stereocenters. The van der Waals surface area contributed by atoms with E-state index in [9.17, 15) is 13.2 Å². The molecule has 1 aliphatic rings. The number of aryl methyl sites for hydroxylation is 2. The molecule has 8 heteroatoms. The van der Waals surface area contributed by atoms with Crippen molar-refractivity contribution < 1.29 is 13.2 Å². The molecule has 2 heterocycles. The third kappa shape index (κ3) is 4.98. The predicted molar refractivity (Wildman–Crippen MR) is 131 cm³/mol. The number of benzene rings is 2. The van der Waals surface area contributed by atoms with E-state index in [4.69, 9.17) is 0 Å². The molecule has 0 spiro atoms. The number of hydrogen-bond acceptors (Lipinski definition) is 4. The van der Waals surface area contributed by atoms with Gasteiger partial charge in [0.1, 0.15) is 0 Å². The first-order valence-electron chi connectivity index (χ1n) is 11.4. The largest absolute Gasteiger partial charge is 0.361 e. The fourth-order valence-corrected chi connectivity index (χ4v) is 6.16.